The topological polar surface area (TPSA) is 126 Å². The van der Waals surface area contributed by atoms with Gasteiger partial charge >= 0.3 is 6.09 Å². The van der Waals surface area contributed by atoms with Crippen molar-refractivity contribution in [3.8, 4) is 28.8 Å². The molecule has 48 heavy (non-hydrogen) atoms. The normalized spacial score (nSPS) is 15.1. The number of rotatable bonds is 6. The summed E-state index contributed by atoms with van der Waals surface area (Å²) in [6.07, 6.45) is 3.14. The summed E-state index contributed by atoms with van der Waals surface area (Å²) < 4.78 is 7.11. The zero-order valence-electron chi connectivity index (χ0n) is 27.9. The summed E-state index contributed by atoms with van der Waals surface area (Å²) in [4.78, 5) is 41.9. The van der Waals surface area contributed by atoms with E-state index in [1.54, 1.807) is 86.1 Å². The molecule has 5 rings (SSSR count). The molecule has 2 atom stereocenters. The third kappa shape index (κ3) is 8.42. The van der Waals surface area contributed by atoms with Crippen LogP contribution in [0.3, 0.4) is 0 Å². The van der Waals surface area contributed by atoms with Gasteiger partial charge in [-0.1, -0.05) is 53.8 Å². The first-order valence-electron chi connectivity index (χ1n) is 16.0. The molecule has 0 bridgehead atoms. The van der Waals surface area contributed by atoms with Crippen LogP contribution in [-0.2, 0) is 21.4 Å². The Bertz CT molecular complexity index is 1850. The second-order valence-electron chi connectivity index (χ2n) is 12.9. The van der Waals surface area contributed by atoms with Crippen LogP contribution in [0.15, 0.2) is 79.0 Å². The minimum Gasteiger partial charge on any atom is -0.507 e. The van der Waals surface area contributed by atoms with Crippen LogP contribution in [0.5, 0.6) is 5.75 Å². The van der Waals surface area contributed by atoms with Gasteiger partial charge in [0, 0.05) is 36.6 Å². The fourth-order valence-corrected chi connectivity index (χ4v) is 5.61. The van der Waals surface area contributed by atoms with Crippen molar-refractivity contribution >= 4 is 23.6 Å². The smallest absolute Gasteiger partial charge is 0.408 e. The van der Waals surface area contributed by atoms with Crippen LogP contribution in [-0.4, -0.2) is 55.9 Å². The molecule has 0 saturated carbocycles. The zero-order chi connectivity index (χ0) is 34.4. The number of phenols is 1. The Morgan fingerprint density at radius 3 is 2.44 bits per heavy atom. The van der Waals surface area contributed by atoms with Gasteiger partial charge in [0.2, 0.25) is 5.91 Å². The predicted octanol–water partition coefficient (Wildman–Crippen LogP) is 6.09. The van der Waals surface area contributed by atoms with Crippen molar-refractivity contribution < 1.29 is 24.2 Å². The molecule has 1 saturated heterocycles. The van der Waals surface area contributed by atoms with Gasteiger partial charge in [-0.3, -0.25) is 14.3 Å². The maximum Gasteiger partial charge on any atom is 0.408 e. The number of piperidine rings is 1. The molecular weight excluding hydrogens is 606 g/mol. The lowest BCUT2D eigenvalue weighted by Crippen LogP contribution is -2.53. The molecule has 0 aliphatic carbocycles. The Kier molecular flexibility index (Phi) is 10.2. The first-order chi connectivity index (χ1) is 22.9. The molecule has 3 N–H and O–H groups in total. The number of nitrogens with one attached hydrogen (secondary N) is 2. The van der Waals surface area contributed by atoms with Crippen LogP contribution in [0, 0.1) is 18.8 Å². The number of alkyl carbamates (subject to hydrolysis) is 1. The second-order valence-corrected chi connectivity index (χ2v) is 12.9. The number of aryl methyl sites for hydroxylation is 2. The molecule has 248 valence electrons. The van der Waals surface area contributed by atoms with Gasteiger partial charge in [0.05, 0.1) is 5.56 Å². The molecule has 10 nitrogen and oxygen atoms in total. The summed E-state index contributed by atoms with van der Waals surface area (Å²) in [7, 11) is 1.80. The minimum absolute atomic E-state index is 0.135. The van der Waals surface area contributed by atoms with Crippen LogP contribution < -0.4 is 10.6 Å². The van der Waals surface area contributed by atoms with Gasteiger partial charge in [-0.05, 0) is 88.9 Å². The molecule has 3 amide bonds. The first kappa shape index (κ1) is 33.8. The van der Waals surface area contributed by atoms with E-state index in [-0.39, 0.29) is 17.6 Å². The molecule has 0 radical (unpaired) electrons. The number of amides is 3. The average Bonchev–Trinajstić information content (AvgIpc) is 3.43. The fourth-order valence-electron chi connectivity index (χ4n) is 5.61. The number of ether oxygens (including phenoxy) is 1. The van der Waals surface area contributed by atoms with E-state index < -0.39 is 23.8 Å². The number of aromatic nitrogens is 2. The fraction of sp³-hybridized carbons (Fsp3) is 0.316. The maximum absolute atomic E-state index is 14.0. The van der Waals surface area contributed by atoms with E-state index in [0.29, 0.717) is 41.0 Å². The highest BCUT2D eigenvalue weighted by Crippen LogP contribution is 2.31. The Hall–Kier alpha value is -5.56. The van der Waals surface area contributed by atoms with E-state index in [4.69, 9.17) is 4.74 Å². The number of anilines is 1. The number of nitrogens with zero attached hydrogens (tertiary/aromatic N) is 3. The van der Waals surface area contributed by atoms with Crippen molar-refractivity contribution in [3.63, 3.8) is 0 Å². The van der Waals surface area contributed by atoms with Gasteiger partial charge < -0.3 is 25.4 Å². The molecule has 10 heteroatoms. The molecule has 2 heterocycles. The highest BCUT2D eigenvalue weighted by Gasteiger charge is 2.37. The lowest BCUT2D eigenvalue weighted by atomic mass is 9.98. The van der Waals surface area contributed by atoms with Crippen LogP contribution in [0.25, 0.3) is 11.3 Å². The summed E-state index contributed by atoms with van der Waals surface area (Å²) >= 11 is 0. The van der Waals surface area contributed by atoms with Gasteiger partial charge in [0.25, 0.3) is 5.91 Å². The SMILES string of the molecule is Cc1ccc(O)c(-c2nn(C)cc2C#Cc2ccc(NC(=O)[C@H]3CCCCN3C(=O)C(NC(=O)OC(C)(C)C)c3ccccc3)cc2)c1. The molecule has 3 aromatic carbocycles. The van der Waals surface area contributed by atoms with Crippen LogP contribution in [0.2, 0.25) is 0 Å². The molecule has 1 aliphatic heterocycles. The molecule has 1 aromatic heterocycles. The van der Waals surface area contributed by atoms with Crippen LogP contribution >= 0.6 is 0 Å². The lowest BCUT2D eigenvalue weighted by Gasteiger charge is -2.37. The highest BCUT2D eigenvalue weighted by atomic mass is 16.6. The maximum atomic E-state index is 14.0. The number of benzene rings is 3. The van der Waals surface area contributed by atoms with Crippen molar-refractivity contribution in [3.05, 3.63) is 101 Å². The molecule has 1 fully saturated rings. The van der Waals surface area contributed by atoms with Crippen molar-refractivity contribution in [1.82, 2.24) is 20.0 Å². The third-order valence-electron chi connectivity index (χ3n) is 7.86. The van der Waals surface area contributed by atoms with Crippen molar-refractivity contribution in [2.75, 3.05) is 11.9 Å². The summed E-state index contributed by atoms with van der Waals surface area (Å²) in [5.74, 6) is 5.77. The lowest BCUT2D eigenvalue weighted by molar-refractivity contribution is -0.142. The number of phenolic OH excluding ortho intramolecular Hbond substituents is 1. The van der Waals surface area contributed by atoms with E-state index in [2.05, 4.69) is 27.6 Å². The van der Waals surface area contributed by atoms with Crippen molar-refractivity contribution in [2.24, 2.45) is 7.05 Å². The summed E-state index contributed by atoms with van der Waals surface area (Å²) in [6.45, 7) is 7.61. The summed E-state index contributed by atoms with van der Waals surface area (Å²) in [5.41, 5.74) is 4.04. The van der Waals surface area contributed by atoms with E-state index >= 15 is 0 Å². The number of hydrogen-bond acceptors (Lipinski definition) is 6. The van der Waals surface area contributed by atoms with Gasteiger partial charge in [-0.25, -0.2) is 4.79 Å². The molecule has 1 aliphatic rings. The van der Waals surface area contributed by atoms with E-state index in [1.807, 2.05) is 37.3 Å². The average molecular weight is 648 g/mol. The Labute approximate surface area is 281 Å². The Morgan fingerprint density at radius 1 is 1.00 bits per heavy atom. The monoisotopic (exact) mass is 647 g/mol. The minimum atomic E-state index is -1.01. The highest BCUT2D eigenvalue weighted by molar-refractivity contribution is 5.98. The first-order valence-corrected chi connectivity index (χ1v) is 16.0. The predicted molar refractivity (Wildman–Crippen MR) is 184 cm³/mol. The third-order valence-corrected chi connectivity index (χ3v) is 7.86. The van der Waals surface area contributed by atoms with Gasteiger partial charge in [0.15, 0.2) is 0 Å². The molecule has 4 aromatic rings. The van der Waals surface area contributed by atoms with Gasteiger partial charge in [-0.2, -0.15) is 5.10 Å². The van der Waals surface area contributed by atoms with Crippen LogP contribution in [0.1, 0.15) is 68.3 Å². The number of carbonyl (C=O) groups excluding carboxylic acids is 3. The Morgan fingerprint density at radius 2 is 1.73 bits per heavy atom. The quantitative estimate of drug-likeness (QED) is 0.218. The summed E-state index contributed by atoms with van der Waals surface area (Å²) in [6, 6.07) is 19.8. The standard InChI is InChI=1S/C38H41N5O5/c1-25-14-21-32(44)30(23-25)33-28(24-42(5)41-33)18-15-26-16-19-29(20-17-26)39-35(45)31-13-9-10-22-43(31)36(46)34(27-11-7-6-8-12-27)40-37(47)48-38(2,3)4/h6-8,11-12,14,16-17,19-21,23-24,31,34,44H,9-10,13,22H2,1-5H3,(H,39,45)(H,40,47)/t31-,34?/m1/s1. The number of aromatic hydroxyl groups is 1. The van der Waals surface area contributed by atoms with Crippen molar-refractivity contribution in [1.29, 1.82) is 0 Å². The van der Waals surface area contributed by atoms with Gasteiger partial charge in [0.1, 0.15) is 29.1 Å². The number of hydrogen-bond donors (Lipinski definition) is 3. The van der Waals surface area contributed by atoms with E-state index in [1.165, 1.54) is 0 Å². The molecule has 1 unspecified atom stereocenters. The number of likely N-dealkylation sites (tertiary alicyclic amines) is 1. The zero-order valence-corrected chi connectivity index (χ0v) is 27.9. The second kappa shape index (κ2) is 14.5. The van der Waals surface area contributed by atoms with Crippen molar-refractivity contribution in [2.45, 2.75) is 64.6 Å². The Balaban J connectivity index is 1.30. The van der Waals surface area contributed by atoms with E-state index in [0.717, 1.165) is 24.0 Å². The summed E-state index contributed by atoms with van der Waals surface area (Å²) in [5, 5.41) is 20.6. The molecular formula is C38H41N5O5. The number of carbonyl (C=O) groups is 3. The van der Waals surface area contributed by atoms with Gasteiger partial charge in [-0.15, -0.1) is 0 Å². The molecule has 0 spiro atoms. The van der Waals surface area contributed by atoms with E-state index in [9.17, 15) is 19.5 Å². The largest absolute Gasteiger partial charge is 0.507 e. The van der Waals surface area contributed by atoms with Crippen LogP contribution in [0.4, 0.5) is 10.5 Å².